The normalized spacial score (nSPS) is 10.7. The number of hydrogen-bond acceptors (Lipinski definition) is 5. The van der Waals surface area contributed by atoms with E-state index in [0.29, 0.717) is 17.9 Å². The Labute approximate surface area is 155 Å². The van der Waals surface area contributed by atoms with Crippen LogP contribution >= 0.6 is 11.3 Å². The summed E-state index contributed by atoms with van der Waals surface area (Å²) < 4.78 is 12.3. The molecule has 0 saturated carbocycles. The number of ether oxygens (including phenoxy) is 1. The summed E-state index contributed by atoms with van der Waals surface area (Å²) in [5, 5.41) is 4.67. The third-order valence-electron chi connectivity index (χ3n) is 4.06. The van der Waals surface area contributed by atoms with Gasteiger partial charge in [0.1, 0.15) is 5.76 Å². The van der Waals surface area contributed by atoms with Crippen molar-refractivity contribution in [1.82, 2.24) is 9.88 Å². The highest BCUT2D eigenvalue weighted by atomic mass is 32.1. The van der Waals surface area contributed by atoms with Crippen molar-refractivity contribution in [2.75, 3.05) is 6.61 Å². The van der Waals surface area contributed by atoms with Crippen molar-refractivity contribution >= 4 is 23.2 Å². The van der Waals surface area contributed by atoms with E-state index in [4.69, 9.17) is 9.15 Å². The number of aromatic nitrogens is 1. The lowest BCUT2D eigenvalue weighted by Gasteiger charge is -2.09. The van der Waals surface area contributed by atoms with Gasteiger partial charge in [0.15, 0.2) is 6.61 Å². The Morgan fingerprint density at radius 2 is 2.12 bits per heavy atom. The van der Waals surface area contributed by atoms with Gasteiger partial charge in [-0.1, -0.05) is 6.07 Å². The van der Waals surface area contributed by atoms with E-state index in [-0.39, 0.29) is 19.1 Å². The Morgan fingerprint density at radius 1 is 1.27 bits per heavy atom. The molecular formula is C19H20N2O4S. The summed E-state index contributed by atoms with van der Waals surface area (Å²) in [4.78, 5) is 25.4. The third kappa shape index (κ3) is 4.23. The van der Waals surface area contributed by atoms with Gasteiger partial charge in [-0.15, -0.1) is 11.3 Å². The van der Waals surface area contributed by atoms with Crippen molar-refractivity contribution in [3.05, 3.63) is 69.6 Å². The Kier molecular flexibility index (Phi) is 5.58. The minimum atomic E-state index is -0.497. The van der Waals surface area contributed by atoms with Crippen LogP contribution in [-0.4, -0.2) is 23.1 Å². The number of nitrogens with zero attached hydrogens (tertiary/aromatic N) is 1. The van der Waals surface area contributed by atoms with E-state index in [1.807, 2.05) is 25.3 Å². The molecule has 0 radical (unpaired) electrons. The first-order chi connectivity index (χ1) is 12.5. The maximum Gasteiger partial charge on any atom is 0.340 e. The molecule has 1 amide bonds. The summed E-state index contributed by atoms with van der Waals surface area (Å²) in [5.74, 6) is -0.229. The average Bonchev–Trinajstić information content (AvgIpc) is 3.37. The lowest BCUT2D eigenvalue weighted by Crippen LogP contribution is -2.28. The molecule has 0 aliphatic rings. The molecule has 3 aromatic rings. The van der Waals surface area contributed by atoms with E-state index < -0.39 is 5.97 Å². The summed E-state index contributed by atoms with van der Waals surface area (Å²) in [7, 11) is 0. The van der Waals surface area contributed by atoms with Gasteiger partial charge in [-0.25, -0.2) is 4.79 Å². The molecule has 26 heavy (non-hydrogen) atoms. The van der Waals surface area contributed by atoms with Crippen LogP contribution in [0.5, 0.6) is 0 Å². The van der Waals surface area contributed by atoms with Crippen molar-refractivity contribution in [2.45, 2.75) is 26.9 Å². The van der Waals surface area contributed by atoms with Gasteiger partial charge in [0, 0.05) is 16.3 Å². The van der Waals surface area contributed by atoms with Crippen molar-refractivity contribution in [1.29, 1.82) is 0 Å². The molecule has 0 saturated heterocycles. The van der Waals surface area contributed by atoms with E-state index in [1.54, 1.807) is 29.5 Å². The highest BCUT2D eigenvalue weighted by Gasteiger charge is 2.18. The van der Waals surface area contributed by atoms with Crippen LogP contribution in [0.4, 0.5) is 0 Å². The summed E-state index contributed by atoms with van der Waals surface area (Å²) in [6.45, 7) is 4.49. The van der Waals surface area contributed by atoms with Crippen LogP contribution < -0.4 is 5.32 Å². The molecule has 3 rings (SSSR count). The van der Waals surface area contributed by atoms with Gasteiger partial charge < -0.3 is 19.0 Å². The fourth-order valence-electron chi connectivity index (χ4n) is 2.67. The molecule has 0 spiro atoms. The van der Waals surface area contributed by atoms with Gasteiger partial charge in [0.2, 0.25) is 0 Å². The van der Waals surface area contributed by atoms with Crippen LogP contribution in [0.15, 0.2) is 46.4 Å². The zero-order valence-electron chi connectivity index (χ0n) is 14.7. The molecule has 1 N–H and O–H groups in total. The lowest BCUT2D eigenvalue weighted by molar-refractivity contribution is -0.124. The number of amides is 1. The van der Waals surface area contributed by atoms with E-state index in [0.717, 1.165) is 11.4 Å². The van der Waals surface area contributed by atoms with Crippen molar-refractivity contribution in [2.24, 2.45) is 0 Å². The Hall–Kier alpha value is -2.80. The molecule has 136 valence electrons. The van der Waals surface area contributed by atoms with Gasteiger partial charge in [-0.05, 0) is 43.5 Å². The fraction of sp³-hybridized carbons (Fsp3) is 0.263. The number of thiophene rings is 1. The van der Waals surface area contributed by atoms with Gasteiger partial charge in [-0.3, -0.25) is 4.79 Å². The van der Waals surface area contributed by atoms with Crippen LogP contribution in [0.3, 0.4) is 0 Å². The van der Waals surface area contributed by atoms with Crippen LogP contribution in [0.25, 0.3) is 0 Å². The zero-order chi connectivity index (χ0) is 18.5. The second-order valence-corrected chi connectivity index (χ2v) is 6.91. The molecule has 0 aliphatic heterocycles. The Morgan fingerprint density at radius 3 is 2.81 bits per heavy atom. The summed E-state index contributed by atoms with van der Waals surface area (Å²) in [6, 6.07) is 9.36. The number of aryl methyl sites for hydroxylation is 1. The van der Waals surface area contributed by atoms with Crippen LogP contribution in [0.1, 0.15) is 32.4 Å². The molecule has 3 aromatic heterocycles. The first kappa shape index (κ1) is 18.0. The standard InChI is InChI=1S/C19H20N2O4S/c1-13-9-17(14(2)21(13)11-16-6-4-8-26-16)19(23)25-12-18(22)20-10-15-5-3-7-24-15/h3-9H,10-12H2,1-2H3,(H,20,22). The minimum absolute atomic E-state index is 0.263. The van der Waals surface area contributed by atoms with Gasteiger partial charge in [0.25, 0.3) is 5.91 Å². The molecular weight excluding hydrogens is 352 g/mol. The fourth-order valence-corrected chi connectivity index (χ4v) is 3.36. The SMILES string of the molecule is Cc1cc(C(=O)OCC(=O)NCc2ccco2)c(C)n1Cc1cccs1. The third-order valence-corrected chi connectivity index (χ3v) is 4.92. The van der Waals surface area contributed by atoms with Crippen molar-refractivity contribution in [3.63, 3.8) is 0 Å². The number of carbonyl (C=O) groups is 2. The number of hydrogen-bond donors (Lipinski definition) is 1. The summed E-state index contributed by atoms with van der Waals surface area (Å²) >= 11 is 1.67. The topological polar surface area (TPSA) is 73.5 Å². The number of esters is 1. The lowest BCUT2D eigenvalue weighted by atomic mass is 10.2. The summed E-state index contributed by atoms with van der Waals surface area (Å²) in [5.41, 5.74) is 2.29. The molecule has 0 fully saturated rings. The second kappa shape index (κ2) is 8.05. The number of furan rings is 1. The van der Waals surface area contributed by atoms with E-state index in [9.17, 15) is 9.59 Å². The smallest absolute Gasteiger partial charge is 0.340 e. The predicted molar refractivity (Wildman–Crippen MR) is 98.2 cm³/mol. The molecule has 0 aliphatic carbocycles. The molecule has 0 atom stereocenters. The van der Waals surface area contributed by atoms with Crippen LogP contribution in [0, 0.1) is 13.8 Å². The van der Waals surface area contributed by atoms with E-state index >= 15 is 0 Å². The van der Waals surface area contributed by atoms with Gasteiger partial charge in [0.05, 0.1) is 24.9 Å². The van der Waals surface area contributed by atoms with Crippen molar-refractivity contribution in [3.8, 4) is 0 Å². The molecule has 0 aromatic carbocycles. The van der Waals surface area contributed by atoms with Crippen LogP contribution in [-0.2, 0) is 22.6 Å². The van der Waals surface area contributed by atoms with E-state index in [1.165, 1.54) is 11.1 Å². The molecule has 3 heterocycles. The predicted octanol–water partition coefficient (Wildman–Crippen LogP) is 3.28. The Balaban J connectivity index is 1.56. The summed E-state index contributed by atoms with van der Waals surface area (Å²) in [6.07, 6.45) is 1.54. The monoisotopic (exact) mass is 372 g/mol. The number of nitrogens with one attached hydrogen (secondary N) is 1. The first-order valence-electron chi connectivity index (χ1n) is 8.20. The quantitative estimate of drug-likeness (QED) is 0.646. The number of rotatable bonds is 7. The van der Waals surface area contributed by atoms with Gasteiger partial charge >= 0.3 is 5.97 Å². The molecule has 7 heteroatoms. The average molecular weight is 372 g/mol. The van der Waals surface area contributed by atoms with Crippen molar-refractivity contribution < 1.29 is 18.7 Å². The number of carbonyl (C=O) groups excluding carboxylic acids is 2. The Bertz CT molecular complexity index is 879. The highest BCUT2D eigenvalue weighted by molar-refractivity contribution is 7.09. The molecule has 6 nitrogen and oxygen atoms in total. The van der Waals surface area contributed by atoms with Crippen LogP contribution in [0.2, 0.25) is 0 Å². The minimum Gasteiger partial charge on any atom is -0.467 e. The largest absolute Gasteiger partial charge is 0.467 e. The van der Waals surface area contributed by atoms with E-state index in [2.05, 4.69) is 16.0 Å². The highest BCUT2D eigenvalue weighted by Crippen LogP contribution is 2.20. The van der Waals surface area contributed by atoms with Gasteiger partial charge in [-0.2, -0.15) is 0 Å². The maximum absolute atomic E-state index is 12.3. The second-order valence-electron chi connectivity index (χ2n) is 5.88. The molecule has 0 unspecified atom stereocenters. The molecule has 0 bridgehead atoms. The zero-order valence-corrected chi connectivity index (χ0v) is 15.5. The maximum atomic E-state index is 12.3. The first-order valence-corrected chi connectivity index (χ1v) is 9.08.